The molecule has 0 radical (unpaired) electrons. The van der Waals surface area contributed by atoms with Crippen LogP contribution < -0.4 is 14.8 Å². The summed E-state index contributed by atoms with van der Waals surface area (Å²) in [6, 6.07) is 19.5. The molecule has 0 spiro atoms. The maximum Gasteiger partial charge on any atom is 0.293 e. The molecule has 13 nitrogen and oxygen atoms in total. The van der Waals surface area contributed by atoms with Crippen LogP contribution in [-0.2, 0) is 14.8 Å². The Kier molecular flexibility index (Phi) is 11.4. The van der Waals surface area contributed by atoms with E-state index in [4.69, 9.17) is 21.1 Å². The van der Waals surface area contributed by atoms with Crippen LogP contribution in [0.5, 0.6) is 11.5 Å². The summed E-state index contributed by atoms with van der Waals surface area (Å²) in [5.41, 5.74) is 5.25. The van der Waals surface area contributed by atoms with Crippen LogP contribution in [0.3, 0.4) is 0 Å². The minimum atomic E-state index is -4.55. The van der Waals surface area contributed by atoms with E-state index < -0.39 is 31.4 Å². The predicted molar refractivity (Wildman–Crippen MR) is 230 cm³/mol. The van der Waals surface area contributed by atoms with E-state index in [1.54, 1.807) is 24.4 Å². The van der Waals surface area contributed by atoms with Gasteiger partial charge in [0.05, 0.1) is 21.6 Å². The molecule has 0 bridgehead atoms. The number of sulfonamides is 1. The van der Waals surface area contributed by atoms with E-state index in [2.05, 4.69) is 43.1 Å². The van der Waals surface area contributed by atoms with Crippen molar-refractivity contribution in [2.75, 3.05) is 31.6 Å². The molecule has 2 aliphatic carbocycles. The lowest BCUT2D eigenvalue weighted by Crippen LogP contribution is -2.36. The van der Waals surface area contributed by atoms with Crippen LogP contribution >= 0.6 is 11.6 Å². The monoisotopic (exact) mass is 850 g/mol. The summed E-state index contributed by atoms with van der Waals surface area (Å²) in [4.78, 5) is 35.1. The van der Waals surface area contributed by atoms with Gasteiger partial charge >= 0.3 is 0 Å². The highest BCUT2D eigenvalue weighted by Crippen LogP contribution is 2.48. The van der Waals surface area contributed by atoms with Crippen molar-refractivity contribution < 1.29 is 27.6 Å². The number of nitro benzene ring substituents is 1. The zero-order valence-electron chi connectivity index (χ0n) is 33.1. The highest BCUT2D eigenvalue weighted by Gasteiger charge is 2.37. The Morgan fingerprint density at radius 1 is 1.00 bits per heavy atom. The van der Waals surface area contributed by atoms with Gasteiger partial charge in [-0.3, -0.25) is 19.8 Å². The summed E-state index contributed by atoms with van der Waals surface area (Å²) in [5.74, 6) is 0.481. The minimum absolute atomic E-state index is 0.0251. The first-order valence-corrected chi connectivity index (χ1v) is 22.6. The van der Waals surface area contributed by atoms with Gasteiger partial charge in [0.25, 0.3) is 21.6 Å². The molecule has 60 heavy (non-hydrogen) atoms. The van der Waals surface area contributed by atoms with Gasteiger partial charge in [-0.1, -0.05) is 29.8 Å². The first kappa shape index (κ1) is 40.1. The largest absolute Gasteiger partial charge is 0.455 e. The summed E-state index contributed by atoms with van der Waals surface area (Å²) >= 11 is 6.54. The van der Waals surface area contributed by atoms with Crippen LogP contribution in [0, 0.1) is 16.0 Å². The minimum Gasteiger partial charge on any atom is -0.455 e. The molecule has 2 atom stereocenters. The molecule has 4 aliphatic rings. The van der Waals surface area contributed by atoms with Gasteiger partial charge in [-0.2, -0.15) is 0 Å². The number of likely N-dealkylation sites (tertiary alicyclic amines) is 1. The van der Waals surface area contributed by atoms with E-state index in [0.29, 0.717) is 49.2 Å². The number of benzene rings is 3. The number of allylic oxidation sites excluding steroid dienone is 1. The van der Waals surface area contributed by atoms with Gasteiger partial charge in [0.1, 0.15) is 22.8 Å². The Morgan fingerprint density at radius 2 is 1.85 bits per heavy atom. The molecule has 3 fully saturated rings. The Bertz CT molecular complexity index is 2590. The second kappa shape index (κ2) is 17.0. The normalized spacial score (nSPS) is 20.2. The number of aromatic amines is 1. The fourth-order valence-corrected chi connectivity index (χ4v) is 10.2. The fourth-order valence-electron chi connectivity index (χ4n) is 9.06. The molecular weight excluding hydrogens is 804 g/mol. The molecule has 2 unspecified atom stereocenters. The number of hydrogen-bond donors (Lipinski definition) is 3. The van der Waals surface area contributed by atoms with Crippen molar-refractivity contribution in [1.82, 2.24) is 19.6 Å². The molecule has 312 valence electrons. The van der Waals surface area contributed by atoms with Crippen molar-refractivity contribution in [3.05, 3.63) is 123 Å². The number of halogens is 1. The van der Waals surface area contributed by atoms with E-state index in [0.717, 1.165) is 79.1 Å². The lowest BCUT2D eigenvalue weighted by molar-refractivity contribution is -0.384. The van der Waals surface area contributed by atoms with E-state index in [1.807, 2.05) is 18.2 Å². The molecule has 1 amide bonds. The number of fused-ring (bicyclic) bond motifs is 1. The van der Waals surface area contributed by atoms with Gasteiger partial charge in [0.15, 0.2) is 0 Å². The molecule has 4 heterocycles. The molecule has 2 aromatic heterocycles. The average molecular weight is 851 g/mol. The number of ether oxygens (including phenoxy) is 2. The average Bonchev–Trinajstić information content (AvgIpc) is 3.78. The number of rotatable bonds is 13. The molecular formula is C45H47ClN6O7S. The van der Waals surface area contributed by atoms with E-state index in [9.17, 15) is 23.3 Å². The number of H-pyrrole nitrogens is 1. The van der Waals surface area contributed by atoms with Crippen LogP contribution in [0.15, 0.2) is 90.1 Å². The molecule has 15 heteroatoms. The zero-order chi connectivity index (χ0) is 41.4. The van der Waals surface area contributed by atoms with Gasteiger partial charge in [0, 0.05) is 54.5 Å². The second-order valence-corrected chi connectivity index (χ2v) is 18.4. The van der Waals surface area contributed by atoms with Crippen molar-refractivity contribution in [2.45, 2.75) is 80.7 Å². The number of nitrogens with zero attached hydrogens (tertiary/aromatic N) is 3. The number of hydrogen-bond acceptors (Lipinski definition) is 10. The number of anilines is 1. The van der Waals surface area contributed by atoms with Crippen LogP contribution in [0.1, 0.15) is 96.8 Å². The van der Waals surface area contributed by atoms with Crippen molar-refractivity contribution in [3.63, 3.8) is 0 Å². The Morgan fingerprint density at radius 3 is 2.63 bits per heavy atom. The van der Waals surface area contributed by atoms with Gasteiger partial charge in [-0.05, 0) is 147 Å². The third kappa shape index (κ3) is 8.65. The Balaban J connectivity index is 0.956. The van der Waals surface area contributed by atoms with Crippen molar-refractivity contribution in [1.29, 1.82) is 0 Å². The molecule has 5 aromatic rings. The van der Waals surface area contributed by atoms with Crippen molar-refractivity contribution in [2.24, 2.45) is 5.92 Å². The maximum atomic E-state index is 13.9. The van der Waals surface area contributed by atoms with Crippen LogP contribution in [0.4, 0.5) is 11.4 Å². The van der Waals surface area contributed by atoms with Crippen molar-refractivity contribution in [3.8, 4) is 11.5 Å². The third-order valence-corrected chi connectivity index (χ3v) is 14.0. The predicted octanol–water partition coefficient (Wildman–Crippen LogP) is 9.52. The zero-order valence-corrected chi connectivity index (χ0v) is 34.6. The standard InChI is InChI=1S/C45H47ClN6O7S/c46-33-8-13-37(30-3-4-30)39(24-33)41-2-1-19-51(41)34-9-5-29(6-10-34)31-7-12-38(43(23-31)59-35-22-32-15-18-47-44(32)49-27-35)45(53)50-60(56,57)36-11-14-40(42(25-36)52(54)55)48-26-28-16-20-58-21-17-28/h5,7-8,11-15,18,22-25,27-28,30,34,41,48H,1-4,6,9-10,16-17,19-21,26H2,(H,47,49)(H,50,53). The maximum absolute atomic E-state index is 13.9. The lowest BCUT2D eigenvalue weighted by atomic mass is 9.88. The number of carbonyl (C=O) groups excluding carboxylic acids is 1. The molecule has 9 rings (SSSR count). The highest BCUT2D eigenvalue weighted by atomic mass is 35.5. The highest BCUT2D eigenvalue weighted by molar-refractivity contribution is 7.90. The summed E-state index contributed by atoms with van der Waals surface area (Å²) in [5, 5.41) is 16.8. The summed E-state index contributed by atoms with van der Waals surface area (Å²) in [6.45, 7) is 2.79. The summed E-state index contributed by atoms with van der Waals surface area (Å²) < 4.78 is 41.2. The number of aromatic nitrogens is 2. The van der Waals surface area contributed by atoms with Gasteiger partial charge in [-0.15, -0.1) is 0 Å². The number of nitrogens with one attached hydrogen (secondary N) is 3. The van der Waals surface area contributed by atoms with Gasteiger partial charge in [-0.25, -0.2) is 18.1 Å². The number of amides is 1. The van der Waals surface area contributed by atoms with Crippen LogP contribution in [0.25, 0.3) is 16.6 Å². The Hall–Kier alpha value is -5.28. The summed E-state index contributed by atoms with van der Waals surface area (Å²) in [7, 11) is -4.55. The number of nitro groups is 1. The van der Waals surface area contributed by atoms with Crippen LogP contribution in [-0.4, -0.2) is 66.5 Å². The molecule has 2 aliphatic heterocycles. The van der Waals surface area contributed by atoms with Crippen molar-refractivity contribution >= 4 is 55.5 Å². The number of carbonyl (C=O) groups is 1. The SMILES string of the molecule is O=C(NS(=O)(=O)c1ccc(NCC2CCOCC2)c([N+](=O)[O-])c1)c1ccc(C2=CCC(N3CCCC3c3cc(Cl)ccc3C3CC3)CC2)cc1Oc1cnc2[nH]ccc2c1. The quantitative estimate of drug-likeness (QED) is 0.0766. The first-order chi connectivity index (χ1) is 29.1. The first-order valence-electron chi connectivity index (χ1n) is 20.8. The second-order valence-electron chi connectivity index (χ2n) is 16.3. The summed E-state index contributed by atoms with van der Waals surface area (Å²) in [6.07, 6.45) is 14.6. The van der Waals surface area contributed by atoms with E-state index >= 15 is 0 Å². The van der Waals surface area contributed by atoms with E-state index in [1.165, 1.54) is 42.3 Å². The lowest BCUT2D eigenvalue weighted by Gasteiger charge is -2.36. The van der Waals surface area contributed by atoms with E-state index in [-0.39, 0.29) is 22.9 Å². The molecule has 3 N–H and O–H groups in total. The molecule has 1 saturated carbocycles. The smallest absolute Gasteiger partial charge is 0.293 e. The van der Waals surface area contributed by atoms with Gasteiger partial charge < -0.3 is 19.8 Å². The van der Waals surface area contributed by atoms with Crippen LogP contribution in [0.2, 0.25) is 5.02 Å². The molecule has 3 aromatic carbocycles. The molecule has 2 saturated heterocycles. The third-order valence-electron chi connectivity index (χ3n) is 12.4. The van der Waals surface area contributed by atoms with Gasteiger partial charge in [0.2, 0.25) is 0 Å². The topological polar surface area (TPSA) is 169 Å². The number of pyridine rings is 1. The fraction of sp³-hybridized carbons (Fsp3) is 0.378. The Labute approximate surface area is 353 Å².